The smallest absolute Gasteiger partial charge is 0.178 e. The van der Waals surface area contributed by atoms with Gasteiger partial charge in [-0.25, -0.2) is 0 Å². The Kier molecular flexibility index (Phi) is 5.00. The molecule has 1 aromatic carbocycles. The Hall–Kier alpha value is -0.430. The number of aromatic nitrogens is 2. The predicted molar refractivity (Wildman–Crippen MR) is 84.8 cm³/mol. The van der Waals surface area contributed by atoms with Crippen molar-refractivity contribution in [1.82, 2.24) is 15.5 Å². The second-order valence-electron chi connectivity index (χ2n) is 5.18. The van der Waals surface area contributed by atoms with Crippen molar-refractivity contribution >= 4 is 39.0 Å². The molecule has 0 bridgehead atoms. The maximum atomic E-state index is 4.04. The van der Waals surface area contributed by atoms with Gasteiger partial charge in [0, 0.05) is 21.5 Å². The van der Waals surface area contributed by atoms with Crippen molar-refractivity contribution in [3.05, 3.63) is 33.7 Å². The van der Waals surface area contributed by atoms with Crippen molar-refractivity contribution in [3.63, 3.8) is 0 Å². The van der Waals surface area contributed by atoms with Crippen molar-refractivity contribution in [3.8, 4) is 0 Å². The van der Waals surface area contributed by atoms with Gasteiger partial charge in [-0.05, 0) is 54.4 Å². The van der Waals surface area contributed by atoms with Crippen molar-refractivity contribution in [1.29, 1.82) is 0 Å². The largest absolute Gasteiger partial charge is 0.308 e. The van der Waals surface area contributed by atoms with E-state index in [1.165, 1.54) is 5.56 Å². The highest BCUT2D eigenvalue weighted by Gasteiger charge is 2.10. The summed E-state index contributed by atoms with van der Waals surface area (Å²) in [6.45, 7) is 7.37. The lowest BCUT2D eigenvalue weighted by Gasteiger charge is -2.20. The molecule has 0 fully saturated rings. The van der Waals surface area contributed by atoms with Gasteiger partial charge in [0.2, 0.25) is 0 Å². The van der Waals surface area contributed by atoms with E-state index >= 15 is 0 Å². The molecule has 1 heterocycles. The molecular weight excluding hydrogens is 342 g/mol. The zero-order valence-corrected chi connectivity index (χ0v) is 14.3. The average molecular weight is 358 g/mol. The van der Waals surface area contributed by atoms with Crippen molar-refractivity contribution in [2.75, 3.05) is 0 Å². The molecule has 2 aromatic rings. The second-order valence-corrected chi connectivity index (χ2v) is 8.15. The molecule has 0 atom stereocenters. The van der Waals surface area contributed by atoms with Crippen LogP contribution in [0.1, 0.15) is 26.3 Å². The highest BCUT2D eigenvalue weighted by molar-refractivity contribution is 9.10. The zero-order chi connectivity index (χ0) is 13.9. The van der Waals surface area contributed by atoms with E-state index in [-0.39, 0.29) is 5.54 Å². The number of hydrogen-bond acceptors (Lipinski definition) is 5. The van der Waals surface area contributed by atoms with E-state index in [2.05, 4.69) is 70.4 Å². The summed E-state index contributed by atoms with van der Waals surface area (Å²) in [4.78, 5) is 1.16. The first-order chi connectivity index (χ1) is 8.94. The van der Waals surface area contributed by atoms with Gasteiger partial charge in [0.25, 0.3) is 0 Å². The molecule has 0 amide bonds. The zero-order valence-electron chi connectivity index (χ0n) is 11.1. The van der Waals surface area contributed by atoms with Crippen LogP contribution >= 0.6 is 39.0 Å². The highest BCUT2D eigenvalue weighted by atomic mass is 79.9. The first-order valence-corrected chi connectivity index (χ1v) is 8.40. The van der Waals surface area contributed by atoms with E-state index in [9.17, 15) is 0 Å². The molecule has 3 nitrogen and oxygen atoms in total. The van der Waals surface area contributed by atoms with Crippen LogP contribution < -0.4 is 5.32 Å². The van der Waals surface area contributed by atoms with E-state index in [4.69, 9.17) is 0 Å². The van der Waals surface area contributed by atoms with Gasteiger partial charge in [-0.2, -0.15) is 0 Å². The third-order valence-corrected chi connectivity index (χ3v) is 5.13. The molecule has 0 aliphatic heterocycles. The summed E-state index contributed by atoms with van der Waals surface area (Å²) >= 11 is 6.80. The summed E-state index contributed by atoms with van der Waals surface area (Å²) in [6.07, 6.45) is 0. The Bertz CT molecular complexity index is 535. The lowest BCUT2D eigenvalue weighted by atomic mass is 10.1. The Balaban J connectivity index is 2.05. The maximum absolute atomic E-state index is 4.04. The van der Waals surface area contributed by atoms with E-state index in [0.29, 0.717) is 0 Å². The quantitative estimate of drug-likeness (QED) is 0.882. The van der Waals surface area contributed by atoms with Crippen LogP contribution in [0.2, 0.25) is 0 Å². The molecule has 0 aliphatic rings. The van der Waals surface area contributed by atoms with Crippen LogP contribution in [0.3, 0.4) is 0 Å². The Morgan fingerprint density at radius 2 is 2.16 bits per heavy atom. The monoisotopic (exact) mass is 357 g/mol. The lowest BCUT2D eigenvalue weighted by molar-refractivity contribution is 0.424. The molecule has 19 heavy (non-hydrogen) atoms. The van der Waals surface area contributed by atoms with Crippen LogP contribution in [-0.4, -0.2) is 15.7 Å². The Labute approximate surface area is 130 Å². The van der Waals surface area contributed by atoms with Gasteiger partial charge < -0.3 is 5.32 Å². The number of rotatable bonds is 4. The molecule has 6 heteroatoms. The van der Waals surface area contributed by atoms with Crippen LogP contribution in [-0.2, 0) is 6.54 Å². The third-order valence-electron chi connectivity index (χ3n) is 2.36. The number of halogens is 1. The van der Waals surface area contributed by atoms with Crippen LogP contribution in [0.5, 0.6) is 0 Å². The number of hydrogen-bond donors (Lipinski definition) is 1. The third kappa shape index (κ3) is 4.87. The molecule has 0 spiro atoms. The standard InChI is InChI=1S/C13H16BrN3S2/c1-13(2,3)15-7-9-4-5-11(10(14)6-9)19-12-17-16-8-18-12/h4-6,8,15H,7H2,1-3H3. The van der Waals surface area contributed by atoms with Crippen molar-refractivity contribution in [2.24, 2.45) is 0 Å². The Morgan fingerprint density at radius 3 is 2.74 bits per heavy atom. The minimum Gasteiger partial charge on any atom is -0.308 e. The molecule has 1 aromatic heterocycles. The van der Waals surface area contributed by atoms with Crippen LogP contribution in [0.25, 0.3) is 0 Å². The molecular formula is C13H16BrN3S2. The van der Waals surface area contributed by atoms with Gasteiger partial charge >= 0.3 is 0 Å². The molecule has 102 valence electrons. The van der Waals surface area contributed by atoms with Gasteiger partial charge in [0.05, 0.1) is 0 Å². The summed E-state index contributed by atoms with van der Waals surface area (Å²) in [5.74, 6) is 0. The minimum atomic E-state index is 0.131. The second kappa shape index (κ2) is 6.35. The van der Waals surface area contributed by atoms with E-state index in [0.717, 1.165) is 20.3 Å². The lowest BCUT2D eigenvalue weighted by Crippen LogP contribution is -2.35. The summed E-state index contributed by atoms with van der Waals surface area (Å²) in [7, 11) is 0. The van der Waals surface area contributed by atoms with Crippen LogP contribution in [0.15, 0.2) is 37.4 Å². The fraction of sp³-hybridized carbons (Fsp3) is 0.385. The fourth-order valence-electron chi connectivity index (χ4n) is 1.41. The normalized spacial score (nSPS) is 11.8. The van der Waals surface area contributed by atoms with E-state index < -0.39 is 0 Å². The van der Waals surface area contributed by atoms with Gasteiger partial charge in [0.1, 0.15) is 5.51 Å². The van der Waals surface area contributed by atoms with E-state index in [1.807, 2.05) is 0 Å². The molecule has 1 N–H and O–H groups in total. The van der Waals surface area contributed by atoms with Crippen LogP contribution in [0.4, 0.5) is 0 Å². The SMILES string of the molecule is CC(C)(C)NCc1ccc(Sc2nncs2)c(Br)c1. The summed E-state index contributed by atoms with van der Waals surface area (Å²) in [5.41, 5.74) is 3.15. The van der Waals surface area contributed by atoms with Crippen LogP contribution in [0, 0.1) is 0 Å². The molecule has 0 unspecified atom stereocenters. The highest BCUT2D eigenvalue weighted by Crippen LogP contribution is 2.34. The molecule has 0 radical (unpaired) electrons. The van der Waals surface area contributed by atoms with Gasteiger partial charge in [-0.1, -0.05) is 29.2 Å². The van der Waals surface area contributed by atoms with Gasteiger partial charge in [-0.15, -0.1) is 10.2 Å². The molecule has 0 aliphatic carbocycles. The molecule has 2 rings (SSSR count). The summed E-state index contributed by atoms with van der Waals surface area (Å²) < 4.78 is 2.06. The summed E-state index contributed by atoms with van der Waals surface area (Å²) in [5, 5.41) is 11.4. The first-order valence-electron chi connectivity index (χ1n) is 5.91. The van der Waals surface area contributed by atoms with Gasteiger partial charge in [-0.3, -0.25) is 0 Å². The van der Waals surface area contributed by atoms with Crippen molar-refractivity contribution in [2.45, 2.75) is 42.1 Å². The number of nitrogens with zero attached hydrogens (tertiary/aromatic N) is 2. The minimum absolute atomic E-state index is 0.131. The first kappa shape index (κ1) is 15.0. The maximum Gasteiger partial charge on any atom is 0.178 e. The van der Waals surface area contributed by atoms with Crippen molar-refractivity contribution < 1.29 is 0 Å². The topological polar surface area (TPSA) is 37.8 Å². The summed E-state index contributed by atoms with van der Waals surface area (Å²) in [6, 6.07) is 6.42. The fourth-order valence-corrected chi connectivity index (χ4v) is 3.51. The molecule has 0 saturated carbocycles. The predicted octanol–water partition coefficient (Wildman–Crippen LogP) is 4.34. The number of nitrogens with one attached hydrogen (secondary N) is 1. The molecule has 0 saturated heterocycles. The Morgan fingerprint density at radius 1 is 1.37 bits per heavy atom. The average Bonchev–Trinajstić information content (AvgIpc) is 2.81. The number of benzene rings is 1. The van der Waals surface area contributed by atoms with Gasteiger partial charge in [0.15, 0.2) is 4.34 Å². The van der Waals surface area contributed by atoms with E-state index in [1.54, 1.807) is 28.6 Å².